The van der Waals surface area contributed by atoms with Crippen molar-refractivity contribution < 1.29 is 14.3 Å². The highest BCUT2D eigenvalue weighted by Gasteiger charge is 2.29. The fraction of sp³-hybridized carbons (Fsp3) is 0.171. The maximum absolute atomic E-state index is 14.2. The molecule has 7 nitrogen and oxygen atoms in total. The number of benzene rings is 3. The molecular formula is C35H32N4O3. The molecule has 0 bridgehead atoms. The van der Waals surface area contributed by atoms with Gasteiger partial charge in [-0.3, -0.25) is 14.6 Å². The van der Waals surface area contributed by atoms with Gasteiger partial charge in [-0.2, -0.15) is 0 Å². The van der Waals surface area contributed by atoms with E-state index in [1.54, 1.807) is 36.4 Å². The molecule has 6 rings (SSSR count). The highest BCUT2D eigenvalue weighted by atomic mass is 16.5. The van der Waals surface area contributed by atoms with Crippen molar-refractivity contribution >= 4 is 17.5 Å². The molecule has 42 heavy (non-hydrogen) atoms. The largest absolute Gasteiger partial charge is 0.496 e. The number of rotatable bonds is 6. The van der Waals surface area contributed by atoms with E-state index in [-0.39, 0.29) is 11.8 Å². The Morgan fingerprint density at radius 1 is 0.929 bits per heavy atom. The average Bonchev–Trinajstić information content (AvgIpc) is 3.33. The molecule has 7 heteroatoms. The van der Waals surface area contributed by atoms with Crippen LogP contribution in [0.2, 0.25) is 0 Å². The van der Waals surface area contributed by atoms with Gasteiger partial charge in [0.25, 0.3) is 11.8 Å². The number of methoxy groups -OCH3 is 1. The Labute approximate surface area is 245 Å². The van der Waals surface area contributed by atoms with Crippen LogP contribution in [0.25, 0.3) is 11.1 Å². The number of hydrogen-bond donors (Lipinski definition) is 0. The van der Waals surface area contributed by atoms with Gasteiger partial charge in [-0.25, -0.2) is 0 Å². The second-order valence-electron chi connectivity index (χ2n) is 10.6. The molecule has 2 aromatic heterocycles. The fourth-order valence-electron chi connectivity index (χ4n) is 5.64. The number of aryl methyl sites for hydroxylation is 1. The first-order valence-electron chi connectivity index (χ1n) is 13.9. The van der Waals surface area contributed by atoms with Crippen LogP contribution in [0.5, 0.6) is 5.75 Å². The Morgan fingerprint density at radius 3 is 2.52 bits per heavy atom. The molecule has 0 radical (unpaired) electrons. The SMILES string of the molecule is COc1cc(-c2ccccc2C)ccc1C(=O)N1Cc2ccc(C(=O)N(C)Cc3cccnc3)n2Cc2ccccc21. The first-order chi connectivity index (χ1) is 20.4. The van der Waals surface area contributed by atoms with Crippen LogP contribution in [-0.4, -0.2) is 40.4 Å². The molecule has 0 saturated carbocycles. The van der Waals surface area contributed by atoms with Crippen molar-refractivity contribution in [2.45, 2.75) is 26.6 Å². The van der Waals surface area contributed by atoms with Crippen molar-refractivity contribution in [1.82, 2.24) is 14.5 Å². The molecule has 1 aliphatic rings. The minimum atomic E-state index is -0.160. The standard InChI is InChI=1S/C35H32N4O3/c1-24-9-4-6-12-29(24)26-14-16-30(33(19-26)42-3)34(40)39-23-28-15-17-32(38(28)22-27-11-5-7-13-31(27)39)35(41)37(2)21-25-10-8-18-36-20-25/h4-20H,21-23H2,1-3H3. The molecule has 0 atom stereocenters. The first kappa shape index (κ1) is 27.0. The number of ether oxygens (including phenoxy) is 1. The summed E-state index contributed by atoms with van der Waals surface area (Å²) >= 11 is 0. The number of nitrogens with zero attached hydrogens (tertiary/aromatic N) is 4. The van der Waals surface area contributed by atoms with Crippen molar-refractivity contribution in [3.63, 3.8) is 0 Å². The van der Waals surface area contributed by atoms with E-state index in [0.717, 1.165) is 39.2 Å². The molecule has 210 valence electrons. The van der Waals surface area contributed by atoms with Gasteiger partial charge in [-0.1, -0.05) is 54.6 Å². The van der Waals surface area contributed by atoms with Gasteiger partial charge in [0.1, 0.15) is 11.4 Å². The lowest BCUT2D eigenvalue weighted by Crippen LogP contribution is -2.31. The van der Waals surface area contributed by atoms with Gasteiger partial charge in [-0.15, -0.1) is 0 Å². The van der Waals surface area contributed by atoms with Crippen molar-refractivity contribution in [2.75, 3.05) is 19.1 Å². The van der Waals surface area contributed by atoms with Gasteiger partial charge in [0, 0.05) is 37.4 Å². The Hall–Kier alpha value is -5.17. The van der Waals surface area contributed by atoms with Gasteiger partial charge < -0.3 is 19.1 Å². The lowest BCUT2D eigenvalue weighted by molar-refractivity contribution is 0.0774. The van der Waals surface area contributed by atoms with E-state index < -0.39 is 0 Å². The summed E-state index contributed by atoms with van der Waals surface area (Å²) in [7, 11) is 3.39. The molecule has 0 spiro atoms. The van der Waals surface area contributed by atoms with Crippen LogP contribution in [-0.2, 0) is 19.6 Å². The number of para-hydroxylation sites is 1. The van der Waals surface area contributed by atoms with Gasteiger partial charge in [0.2, 0.25) is 0 Å². The van der Waals surface area contributed by atoms with E-state index in [2.05, 4.69) is 24.0 Å². The summed E-state index contributed by atoms with van der Waals surface area (Å²) in [6, 6.07) is 29.4. The number of aromatic nitrogens is 2. The second-order valence-corrected chi connectivity index (χ2v) is 10.6. The van der Waals surface area contributed by atoms with Crippen molar-refractivity contribution in [1.29, 1.82) is 0 Å². The fourth-order valence-corrected chi connectivity index (χ4v) is 5.64. The Kier molecular flexibility index (Phi) is 7.32. The summed E-state index contributed by atoms with van der Waals surface area (Å²) in [5.41, 5.74) is 7.92. The number of carbonyl (C=O) groups excluding carboxylic acids is 2. The van der Waals surface area contributed by atoms with Crippen LogP contribution < -0.4 is 9.64 Å². The summed E-state index contributed by atoms with van der Waals surface area (Å²) < 4.78 is 7.77. The molecule has 0 unspecified atom stereocenters. The number of pyridine rings is 1. The zero-order valence-corrected chi connectivity index (χ0v) is 23.9. The summed E-state index contributed by atoms with van der Waals surface area (Å²) in [6.45, 7) is 3.32. The molecule has 3 heterocycles. The summed E-state index contributed by atoms with van der Waals surface area (Å²) in [6.07, 6.45) is 3.49. The molecule has 1 aliphatic heterocycles. The summed E-state index contributed by atoms with van der Waals surface area (Å²) in [5.74, 6) is 0.272. The first-order valence-corrected chi connectivity index (χ1v) is 13.9. The van der Waals surface area contributed by atoms with Crippen LogP contribution in [0.1, 0.15) is 43.2 Å². The number of carbonyl (C=O) groups is 2. The second kappa shape index (κ2) is 11.4. The zero-order chi connectivity index (χ0) is 29.2. The van der Waals surface area contributed by atoms with Gasteiger partial charge in [0.15, 0.2) is 0 Å². The lowest BCUT2D eigenvalue weighted by atomic mass is 9.98. The number of hydrogen-bond acceptors (Lipinski definition) is 4. The molecule has 0 N–H and O–H groups in total. The van der Waals surface area contributed by atoms with Crippen LogP contribution in [0.4, 0.5) is 5.69 Å². The predicted molar refractivity (Wildman–Crippen MR) is 164 cm³/mol. The third kappa shape index (κ3) is 5.05. The maximum Gasteiger partial charge on any atom is 0.270 e. The van der Waals surface area contributed by atoms with E-state index in [0.29, 0.717) is 36.6 Å². The van der Waals surface area contributed by atoms with Crippen LogP contribution in [0.3, 0.4) is 0 Å². The molecule has 3 aromatic carbocycles. The van der Waals surface area contributed by atoms with E-state index in [1.807, 2.05) is 83.4 Å². The molecule has 0 saturated heterocycles. The Morgan fingerprint density at radius 2 is 1.74 bits per heavy atom. The molecule has 0 fully saturated rings. The number of fused-ring (bicyclic) bond motifs is 2. The minimum absolute atomic E-state index is 0.0872. The van der Waals surface area contributed by atoms with E-state index >= 15 is 0 Å². The smallest absolute Gasteiger partial charge is 0.270 e. The van der Waals surface area contributed by atoms with Crippen molar-refractivity contribution in [3.8, 4) is 16.9 Å². The quantitative estimate of drug-likeness (QED) is 0.245. The number of anilines is 1. The Bertz CT molecular complexity index is 1780. The third-order valence-electron chi connectivity index (χ3n) is 7.84. The van der Waals surface area contributed by atoms with Gasteiger partial charge >= 0.3 is 0 Å². The number of amides is 2. The van der Waals surface area contributed by atoms with Gasteiger partial charge in [0.05, 0.1) is 25.8 Å². The highest BCUT2D eigenvalue weighted by molar-refractivity contribution is 6.08. The highest BCUT2D eigenvalue weighted by Crippen LogP contribution is 2.34. The third-order valence-corrected chi connectivity index (χ3v) is 7.84. The monoisotopic (exact) mass is 556 g/mol. The van der Waals surface area contributed by atoms with Crippen LogP contribution >= 0.6 is 0 Å². The average molecular weight is 557 g/mol. The predicted octanol–water partition coefficient (Wildman–Crippen LogP) is 6.35. The van der Waals surface area contributed by atoms with Crippen molar-refractivity contribution in [2.24, 2.45) is 0 Å². The zero-order valence-electron chi connectivity index (χ0n) is 23.9. The van der Waals surface area contributed by atoms with Crippen LogP contribution in [0, 0.1) is 6.92 Å². The Balaban J connectivity index is 1.34. The molecule has 0 aliphatic carbocycles. The summed E-state index contributed by atoms with van der Waals surface area (Å²) in [4.78, 5) is 35.5. The maximum atomic E-state index is 14.2. The normalized spacial score (nSPS) is 12.2. The summed E-state index contributed by atoms with van der Waals surface area (Å²) in [5, 5.41) is 0. The van der Waals surface area contributed by atoms with Crippen molar-refractivity contribution in [3.05, 3.63) is 137 Å². The van der Waals surface area contributed by atoms with E-state index in [1.165, 1.54) is 0 Å². The minimum Gasteiger partial charge on any atom is -0.496 e. The topological polar surface area (TPSA) is 67.7 Å². The molecule has 2 amide bonds. The van der Waals surface area contributed by atoms with Crippen LogP contribution in [0.15, 0.2) is 103 Å². The molecule has 5 aromatic rings. The molecular weight excluding hydrogens is 524 g/mol. The lowest BCUT2D eigenvalue weighted by Gasteiger charge is -2.24. The van der Waals surface area contributed by atoms with Gasteiger partial charge in [-0.05, 0) is 71.1 Å². The van der Waals surface area contributed by atoms with E-state index in [9.17, 15) is 9.59 Å². The van der Waals surface area contributed by atoms with E-state index in [4.69, 9.17) is 4.74 Å².